The molecular weight excluding hydrogens is 437 g/mol. The van der Waals surface area contributed by atoms with Crippen LogP contribution in [0.25, 0.3) is 0 Å². The summed E-state index contributed by atoms with van der Waals surface area (Å²) < 4.78 is 14.0. The predicted molar refractivity (Wildman–Crippen MR) is 130 cm³/mol. The molecule has 0 saturated carbocycles. The van der Waals surface area contributed by atoms with Crippen molar-refractivity contribution in [2.45, 2.75) is 52.6 Å². The number of nitrogens with zero attached hydrogens (tertiary/aromatic N) is 3. The van der Waals surface area contributed by atoms with Gasteiger partial charge in [-0.15, -0.1) is 11.3 Å². The molecule has 0 unspecified atom stereocenters. The number of hydrogen-bond acceptors (Lipinski definition) is 4. The van der Waals surface area contributed by atoms with Gasteiger partial charge in [0.1, 0.15) is 5.82 Å². The standard InChI is InChI=1S/C26H34FN3O2S/c1-18-16-28(11-12-30(18)23(31)15-26(2,3)4)24(32)17-29-10-8-22-21(9-13-33-22)25(29)19-6-5-7-20(27)14-19/h5-7,9,13-14,18,25H,8,10-12,15-17H2,1-4H3/t18-,25+/m0/s1. The van der Waals surface area contributed by atoms with E-state index in [1.165, 1.54) is 16.5 Å². The molecular formula is C26H34FN3O2S. The molecule has 0 bridgehead atoms. The Morgan fingerprint density at radius 3 is 2.61 bits per heavy atom. The molecule has 2 amide bonds. The predicted octanol–water partition coefficient (Wildman–Crippen LogP) is 4.33. The summed E-state index contributed by atoms with van der Waals surface area (Å²) in [5, 5.41) is 2.08. The average Bonchev–Trinajstić information content (AvgIpc) is 3.20. The van der Waals surface area contributed by atoms with E-state index in [0.717, 1.165) is 18.5 Å². The molecule has 1 saturated heterocycles. The lowest BCUT2D eigenvalue weighted by atomic mass is 9.91. The number of thiophene rings is 1. The van der Waals surface area contributed by atoms with E-state index in [-0.39, 0.29) is 35.1 Å². The van der Waals surface area contributed by atoms with Gasteiger partial charge in [-0.1, -0.05) is 32.9 Å². The quantitative estimate of drug-likeness (QED) is 0.667. The van der Waals surface area contributed by atoms with Gasteiger partial charge in [0.2, 0.25) is 11.8 Å². The summed E-state index contributed by atoms with van der Waals surface area (Å²) in [4.78, 5) is 33.3. The van der Waals surface area contributed by atoms with Crippen LogP contribution >= 0.6 is 11.3 Å². The zero-order valence-electron chi connectivity index (χ0n) is 20.0. The van der Waals surface area contributed by atoms with E-state index in [9.17, 15) is 14.0 Å². The first-order valence-corrected chi connectivity index (χ1v) is 12.6. The molecule has 1 aromatic heterocycles. The summed E-state index contributed by atoms with van der Waals surface area (Å²) in [6, 6.07) is 8.71. The van der Waals surface area contributed by atoms with E-state index in [2.05, 4.69) is 37.1 Å². The molecule has 0 radical (unpaired) electrons. The van der Waals surface area contributed by atoms with Gasteiger partial charge in [0.05, 0.1) is 12.6 Å². The maximum atomic E-state index is 14.0. The van der Waals surface area contributed by atoms with Crippen LogP contribution in [0.2, 0.25) is 0 Å². The number of carbonyl (C=O) groups excluding carboxylic acids is 2. The van der Waals surface area contributed by atoms with Crippen LogP contribution in [0, 0.1) is 11.2 Å². The molecule has 33 heavy (non-hydrogen) atoms. The first-order chi connectivity index (χ1) is 15.6. The summed E-state index contributed by atoms with van der Waals surface area (Å²) in [7, 11) is 0. The van der Waals surface area contributed by atoms with Crippen molar-refractivity contribution in [2.75, 3.05) is 32.7 Å². The minimum absolute atomic E-state index is 0.00129. The number of amides is 2. The lowest BCUT2D eigenvalue weighted by Gasteiger charge is -2.42. The number of carbonyl (C=O) groups is 2. The Labute approximate surface area is 200 Å². The Morgan fingerprint density at radius 1 is 1.12 bits per heavy atom. The molecule has 1 fully saturated rings. The van der Waals surface area contributed by atoms with Crippen molar-refractivity contribution in [1.29, 1.82) is 0 Å². The summed E-state index contributed by atoms with van der Waals surface area (Å²) in [6.45, 7) is 11.0. The van der Waals surface area contributed by atoms with Gasteiger partial charge in [0, 0.05) is 43.5 Å². The third-order valence-electron chi connectivity index (χ3n) is 6.55. The molecule has 4 rings (SSSR count). The number of rotatable bonds is 4. The maximum absolute atomic E-state index is 14.0. The number of benzene rings is 1. The largest absolute Gasteiger partial charge is 0.338 e. The van der Waals surface area contributed by atoms with Crippen molar-refractivity contribution in [3.8, 4) is 0 Å². The number of hydrogen-bond donors (Lipinski definition) is 0. The number of halogens is 1. The lowest BCUT2D eigenvalue weighted by molar-refractivity contribution is -0.144. The molecule has 0 aliphatic carbocycles. The van der Waals surface area contributed by atoms with Gasteiger partial charge in [-0.25, -0.2) is 4.39 Å². The Balaban J connectivity index is 1.45. The van der Waals surface area contributed by atoms with Crippen LogP contribution in [0.15, 0.2) is 35.7 Å². The lowest BCUT2D eigenvalue weighted by Crippen LogP contribution is -2.57. The molecule has 2 aliphatic heterocycles. The van der Waals surface area contributed by atoms with Gasteiger partial charge in [-0.05, 0) is 53.5 Å². The first-order valence-electron chi connectivity index (χ1n) is 11.8. The molecule has 0 N–H and O–H groups in total. The molecule has 2 atom stereocenters. The molecule has 7 heteroatoms. The summed E-state index contributed by atoms with van der Waals surface area (Å²) in [5.41, 5.74) is 2.01. The molecule has 1 aromatic carbocycles. The second-order valence-corrected chi connectivity index (χ2v) is 11.5. The summed E-state index contributed by atoms with van der Waals surface area (Å²) >= 11 is 1.73. The second kappa shape index (κ2) is 9.55. The van der Waals surface area contributed by atoms with Gasteiger partial charge in [0.25, 0.3) is 0 Å². The number of piperazine rings is 1. The van der Waals surface area contributed by atoms with Crippen LogP contribution in [0.4, 0.5) is 4.39 Å². The fourth-order valence-electron chi connectivity index (χ4n) is 4.99. The third-order valence-corrected chi connectivity index (χ3v) is 7.55. The van der Waals surface area contributed by atoms with Crippen LogP contribution in [-0.4, -0.2) is 65.3 Å². The first kappa shape index (κ1) is 23.9. The SMILES string of the molecule is C[C@H]1CN(C(=O)CN2CCc3sccc3[C@H]2c2cccc(F)c2)CCN1C(=O)CC(C)(C)C. The topological polar surface area (TPSA) is 43.9 Å². The highest BCUT2D eigenvalue weighted by Gasteiger charge is 2.35. The van der Waals surface area contributed by atoms with Crippen LogP contribution in [0.5, 0.6) is 0 Å². The minimum atomic E-state index is -0.258. The van der Waals surface area contributed by atoms with E-state index < -0.39 is 0 Å². The van der Waals surface area contributed by atoms with Crippen molar-refractivity contribution in [2.24, 2.45) is 5.41 Å². The van der Waals surface area contributed by atoms with E-state index in [4.69, 9.17) is 0 Å². The molecule has 178 valence electrons. The molecule has 5 nitrogen and oxygen atoms in total. The molecule has 2 aromatic rings. The third kappa shape index (κ3) is 5.46. The monoisotopic (exact) mass is 471 g/mol. The van der Waals surface area contributed by atoms with E-state index in [1.807, 2.05) is 22.8 Å². The maximum Gasteiger partial charge on any atom is 0.236 e. The van der Waals surface area contributed by atoms with Gasteiger partial charge in [0.15, 0.2) is 0 Å². The molecule has 2 aliphatic rings. The minimum Gasteiger partial charge on any atom is -0.338 e. The van der Waals surface area contributed by atoms with E-state index in [1.54, 1.807) is 23.5 Å². The fraction of sp³-hybridized carbons (Fsp3) is 0.538. The molecule has 3 heterocycles. The fourth-order valence-corrected chi connectivity index (χ4v) is 5.89. The average molecular weight is 472 g/mol. The van der Waals surface area contributed by atoms with Crippen molar-refractivity contribution < 1.29 is 14.0 Å². The molecule has 0 spiro atoms. The smallest absolute Gasteiger partial charge is 0.236 e. The van der Waals surface area contributed by atoms with Crippen molar-refractivity contribution in [3.63, 3.8) is 0 Å². The van der Waals surface area contributed by atoms with Gasteiger partial charge in [-0.3, -0.25) is 14.5 Å². The highest BCUT2D eigenvalue weighted by Crippen LogP contribution is 2.37. The van der Waals surface area contributed by atoms with Crippen LogP contribution in [0.1, 0.15) is 56.2 Å². The van der Waals surface area contributed by atoms with Gasteiger partial charge in [-0.2, -0.15) is 0 Å². The van der Waals surface area contributed by atoms with Crippen LogP contribution < -0.4 is 0 Å². The van der Waals surface area contributed by atoms with Crippen LogP contribution in [-0.2, 0) is 16.0 Å². The van der Waals surface area contributed by atoms with Gasteiger partial charge < -0.3 is 9.80 Å². The second-order valence-electron chi connectivity index (χ2n) is 10.5. The zero-order chi connectivity index (χ0) is 23.8. The van der Waals surface area contributed by atoms with Gasteiger partial charge >= 0.3 is 0 Å². The Morgan fingerprint density at radius 2 is 1.91 bits per heavy atom. The summed E-state index contributed by atoms with van der Waals surface area (Å²) in [5.74, 6) is -0.0230. The highest BCUT2D eigenvalue weighted by molar-refractivity contribution is 7.10. The summed E-state index contributed by atoms with van der Waals surface area (Å²) in [6.07, 6.45) is 1.41. The normalized spacial score (nSPS) is 21.7. The van der Waals surface area contributed by atoms with Crippen molar-refractivity contribution in [1.82, 2.24) is 14.7 Å². The Bertz CT molecular complexity index is 1010. The zero-order valence-corrected chi connectivity index (χ0v) is 20.8. The highest BCUT2D eigenvalue weighted by atomic mass is 32.1. The van der Waals surface area contributed by atoms with E-state index >= 15 is 0 Å². The van der Waals surface area contributed by atoms with Crippen molar-refractivity contribution >= 4 is 23.2 Å². The Kier molecular flexibility index (Phi) is 6.91. The van der Waals surface area contributed by atoms with Crippen LogP contribution in [0.3, 0.4) is 0 Å². The van der Waals surface area contributed by atoms with Crippen molar-refractivity contribution in [3.05, 3.63) is 57.5 Å². The Hall–Kier alpha value is -2.25. The number of fused-ring (bicyclic) bond motifs is 1. The van der Waals surface area contributed by atoms with E-state index in [0.29, 0.717) is 32.6 Å².